The Bertz CT molecular complexity index is 479. The number of rotatable bonds is 2. The molecule has 0 atom stereocenters. The predicted molar refractivity (Wildman–Crippen MR) is 59.3 cm³/mol. The van der Waals surface area contributed by atoms with Gasteiger partial charge in [-0.3, -0.25) is 4.79 Å². The molecule has 1 aliphatic heterocycles. The zero-order valence-electron chi connectivity index (χ0n) is 8.72. The minimum atomic E-state index is -0.0594. The van der Waals surface area contributed by atoms with E-state index in [2.05, 4.69) is 30.5 Å². The van der Waals surface area contributed by atoms with Crippen molar-refractivity contribution < 1.29 is 9.42 Å². The van der Waals surface area contributed by atoms with Gasteiger partial charge in [-0.2, -0.15) is 5.10 Å². The van der Waals surface area contributed by atoms with E-state index in [1.54, 1.807) is 13.8 Å². The summed E-state index contributed by atoms with van der Waals surface area (Å²) in [4.78, 5) is 10.9. The third-order valence-corrected chi connectivity index (χ3v) is 2.74. The molecule has 1 amide bonds. The van der Waals surface area contributed by atoms with Gasteiger partial charge in [-0.05, 0) is 19.0 Å². The van der Waals surface area contributed by atoms with E-state index in [0.29, 0.717) is 28.0 Å². The van der Waals surface area contributed by atoms with Gasteiger partial charge in [0.25, 0.3) is 0 Å². The molecule has 2 heterocycles. The number of aromatic nitrogens is 2. The molecule has 0 radical (unpaired) electrons. The Morgan fingerprint density at radius 3 is 2.94 bits per heavy atom. The minimum Gasteiger partial charge on any atom is -0.303 e. The summed E-state index contributed by atoms with van der Waals surface area (Å²) in [5, 5.41) is 18.3. The number of amidine groups is 1. The Labute approximate surface area is 95.3 Å². The Morgan fingerprint density at radius 1 is 1.56 bits per heavy atom. The molecular formula is C8H9N5O2S. The molecule has 1 aromatic rings. The van der Waals surface area contributed by atoms with Crippen LogP contribution in [0.4, 0.5) is 0 Å². The minimum absolute atomic E-state index is 0.0594. The van der Waals surface area contributed by atoms with Gasteiger partial charge in [0.05, 0.1) is 11.5 Å². The fourth-order valence-electron chi connectivity index (χ4n) is 1.11. The van der Waals surface area contributed by atoms with E-state index in [9.17, 15) is 4.79 Å². The highest BCUT2D eigenvalue weighted by atomic mass is 32.2. The van der Waals surface area contributed by atoms with Crippen molar-refractivity contribution >= 4 is 28.5 Å². The summed E-state index contributed by atoms with van der Waals surface area (Å²) in [7, 11) is 0. The van der Waals surface area contributed by atoms with Crippen molar-refractivity contribution in [2.24, 2.45) is 10.2 Å². The normalized spacial score (nSPS) is 19.2. The number of nitrogens with one attached hydrogen (secondary N) is 1. The van der Waals surface area contributed by atoms with Crippen molar-refractivity contribution in [1.29, 1.82) is 0 Å². The van der Waals surface area contributed by atoms with Crippen molar-refractivity contribution in [3.8, 4) is 0 Å². The first kappa shape index (κ1) is 10.8. The standard InChI is InChI=1S/C8H9N5O2S/c1-4(7-5(2)12-15-13-7)10-11-8-9-6(14)3-16-8/h3H2,1-2H3,(H,9,11,14)/b10-4-. The Kier molecular flexibility index (Phi) is 3.00. The van der Waals surface area contributed by atoms with Gasteiger partial charge in [0, 0.05) is 0 Å². The highest BCUT2D eigenvalue weighted by Crippen LogP contribution is 2.09. The van der Waals surface area contributed by atoms with Crippen molar-refractivity contribution in [1.82, 2.24) is 15.6 Å². The van der Waals surface area contributed by atoms with Gasteiger partial charge >= 0.3 is 0 Å². The van der Waals surface area contributed by atoms with Gasteiger partial charge < -0.3 is 5.32 Å². The van der Waals surface area contributed by atoms with E-state index < -0.39 is 0 Å². The number of aryl methyl sites for hydroxylation is 1. The third kappa shape index (κ3) is 2.27. The van der Waals surface area contributed by atoms with E-state index >= 15 is 0 Å². The van der Waals surface area contributed by atoms with Crippen molar-refractivity contribution in [2.75, 3.05) is 5.75 Å². The van der Waals surface area contributed by atoms with Crippen LogP contribution in [0.5, 0.6) is 0 Å². The lowest BCUT2D eigenvalue weighted by molar-refractivity contribution is -0.116. The number of carbonyl (C=O) groups is 1. The second-order valence-corrected chi connectivity index (χ2v) is 4.09. The van der Waals surface area contributed by atoms with Gasteiger partial charge in [0.1, 0.15) is 5.69 Å². The fourth-order valence-corrected chi connectivity index (χ4v) is 1.73. The predicted octanol–water partition coefficient (Wildman–Crippen LogP) is 0.321. The molecule has 2 rings (SSSR count). The topological polar surface area (TPSA) is 92.7 Å². The first-order valence-corrected chi connectivity index (χ1v) is 5.50. The van der Waals surface area contributed by atoms with Gasteiger partial charge in [0.15, 0.2) is 10.9 Å². The molecule has 0 bridgehead atoms. The van der Waals surface area contributed by atoms with E-state index in [4.69, 9.17) is 0 Å². The van der Waals surface area contributed by atoms with E-state index in [-0.39, 0.29) is 5.91 Å². The van der Waals surface area contributed by atoms with Crippen LogP contribution in [0.2, 0.25) is 0 Å². The summed E-state index contributed by atoms with van der Waals surface area (Å²) in [6.07, 6.45) is 0. The molecule has 1 fully saturated rings. The van der Waals surface area contributed by atoms with E-state index in [1.807, 2.05) is 0 Å². The molecule has 0 spiro atoms. The molecule has 16 heavy (non-hydrogen) atoms. The summed E-state index contributed by atoms with van der Waals surface area (Å²) >= 11 is 1.32. The molecule has 0 aliphatic carbocycles. The smallest absolute Gasteiger partial charge is 0.236 e. The molecule has 1 aromatic heterocycles. The number of thioether (sulfide) groups is 1. The lowest BCUT2D eigenvalue weighted by Crippen LogP contribution is -2.19. The highest BCUT2D eigenvalue weighted by Gasteiger charge is 2.16. The number of carbonyl (C=O) groups excluding carboxylic acids is 1. The average molecular weight is 239 g/mol. The van der Waals surface area contributed by atoms with Crippen molar-refractivity contribution in [3.63, 3.8) is 0 Å². The van der Waals surface area contributed by atoms with Gasteiger partial charge in [0.2, 0.25) is 5.91 Å². The number of nitrogens with zero attached hydrogens (tertiary/aromatic N) is 4. The van der Waals surface area contributed by atoms with Crippen LogP contribution in [0.3, 0.4) is 0 Å². The molecule has 1 N–H and O–H groups in total. The largest absolute Gasteiger partial charge is 0.303 e. The Balaban J connectivity index is 2.14. The van der Waals surface area contributed by atoms with Crippen molar-refractivity contribution in [3.05, 3.63) is 11.4 Å². The van der Waals surface area contributed by atoms with Crippen LogP contribution in [0.25, 0.3) is 0 Å². The third-order valence-electron chi connectivity index (χ3n) is 1.87. The van der Waals surface area contributed by atoms with Crippen molar-refractivity contribution in [2.45, 2.75) is 13.8 Å². The molecule has 1 saturated heterocycles. The van der Waals surface area contributed by atoms with Crippen LogP contribution in [-0.4, -0.2) is 32.9 Å². The molecule has 8 heteroatoms. The summed E-state index contributed by atoms with van der Waals surface area (Å²) in [5.74, 6) is 0.327. The first-order chi connectivity index (χ1) is 7.66. The van der Waals surface area contributed by atoms with Gasteiger partial charge in [-0.25, -0.2) is 4.63 Å². The van der Waals surface area contributed by atoms with Crippen LogP contribution in [0, 0.1) is 6.92 Å². The lowest BCUT2D eigenvalue weighted by Gasteiger charge is -1.93. The van der Waals surface area contributed by atoms with Crippen LogP contribution >= 0.6 is 11.8 Å². The van der Waals surface area contributed by atoms with Crippen LogP contribution in [0.1, 0.15) is 18.3 Å². The average Bonchev–Trinajstić information content (AvgIpc) is 2.84. The molecule has 84 valence electrons. The van der Waals surface area contributed by atoms with E-state index in [1.165, 1.54) is 11.8 Å². The molecular weight excluding hydrogens is 230 g/mol. The quantitative estimate of drug-likeness (QED) is 0.592. The monoisotopic (exact) mass is 239 g/mol. The van der Waals surface area contributed by atoms with Gasteiger partial charge in [-0.15, -0.1) is 5.10 Å². The maximum atomic E-state index is 10.9. The second-order valence-electron chi connectivity index (χ2n) is 3.13. The summed E-state index contributed by atoms with van der Waals surface area (Å²) < 4.78 is 4.55. The van der Waals surface area contributed by atoms with Crippen LogP contribution in [-0.2, 0) is 4.79 Å². The summed E-state index contributed by atoms with van der Waals surface area (Å²) in [5.41, 5.74) is 1.82. The van der Waals surface area contributed by atoms with Gasteiger partial charge in [-0.1, -0.05) is 16.9 Å². The zero-order valence-corrected chi connectivity index (χ0v) is 9.54. The summed E-state index contributed by atoms with van der Waals surface area (Å²) in [6.45, 7) is 3.52. The lowest BCUT2D eigenvalue weighted by atomic mass is 10.2. The maximum Gasteiger partial charge on any atom is 0.236 e. The molecule has 1 aliphatic rings. The summed E-state index contributed by atoms with van der Waals surface area (Å²) in [6, 6.07) is 0. The number of hydrogen-bond acceptors (Lipinski definition) is 7. The molecule has 0 saturated carbocycles. The fraction of sp³-hybridized carbons (Fsp3) is 0.375. The zero-order chi connectivity index (χ0) is 11.5. The van der Waals surface area contributed by atoms with E-state index in [0.717, 1.165) is 0 Å². The van der Waals surface area contributed by atoms with Crippen LogP contribution < -0.4 is 5.32 Å². The molecule has 0 unspecified atom stereocenters. The Morgan fingerprint density at radius 2 is 2.38 bits per heavy atom. The number of hydrogen-bond donors (Lipinski definition) is 1. The highest BCUT2D eigenvalue weighted by molar-refractivity contribution is 8.15. The maximum absolute atomic E-state index is 10.9. The number of amides is 1. The molecule has 7 nitrogen and oxygen atoms in total. The SMILES string of the molecule is C/C(=N/N=C1\NC(=O)CS1)c1nonc1C. The first-order valence-electron chi connectivity index (χ1n) is 4.51. The molecule has 0 aromatic carbocycles. The Hall–Kier alpha value is -1.70. The van der Waals surface area contributed by atoms with Crippen LogP contribution in [0.15, 0.2) is 14.8 Å². The second kappa shape index (κ2) is 4.44.